The average Bonchev–Trinajstić information content (AvgIpc) is 2.99. The molecule has 1 aliphatic rings. The Labute approximate surface area is 277 Å². The zero-order valence-corrected chi connectivity index (χ0v) is 27.3. The number of carboxylic acid groups (broad SMARTS) is 1. The number of carbonyl (C=O) groups excluding carboxylic acids is 3. The first kappa shape index (κ1) is 34.5. The van der Waals surface area contributed by atoms with Crippen LogP contribution in [0.5, 0.6) is 5.75 Å². The monoisotopic (exact) mass is 667 g/mol. The molecule has 4 rings (SSSR count). The molecule has 3 atom stereocenters. The highest BCUT2D eigenvalue weighted by atomic mass is 35.5. The van der Waals surface area contributed by atoms with Crippen LogP contribution >= 0.6 is 23.2 Å². The largest absolute Gasteiger partial charge is 0.489 e. The van der Waals surface area contributed by atoms with Gasteiger partial charge in [-0.3, -0.25) is 14.4 Å². The Morgan fingerprint density at radius 3 is 2.15 bits per heavy atom. The molecule has 0 spiro atoms. The Kier molecular flexibility index (Phi) is 11.1. The summed E-state index contributed by atoms with van der Waals surface area (Å²) in [4.78, 5) is 54.2. The summed E-state index contributed by atoms with van der Waals surface area (Å²) in [5.41, 5.74) is 1.85. The predicted molar refractivity (Wildman–Crippen MR) is 173 cm³/mol. The van der Waals surface area contributed by atoms with Gasteiger partial charge in [-0.2, -0.15) is 0 Å². The van der Waals surface area contributed by atoms with E-state index in [9.17, 15) is 29.4 Å². The van der Waals surface area contributed by atoms with Crippen LogP contribution in [0.3, 0.4) is 0 Å². The van der Waals surface area contributed by atoms with Gasteiger partial charge in [-0.15, -0.1) is 0 Å². The molecule has 0 fully saturated rings. The highest BCUT2D eigenvalue weighted by Gasteiger charge is 2.46. The lowest BCUT2D eigenvalue weighted by Gasteiger charge is -2.47. The maximum absolute atomic E-state index is 14.4. The van der Waals surface area contributed by atoms with E-state index in [-0.39, 0.29) is 24.6 Å². The van der Waals surface area contributed by atoms with Crippen molar-refractivity contribution in [2.45, 2.75) is 58.9 Å². The lowest BCUT2D eigenvalue weighted by molar-refractivity contribution is -0.175. The number of aliphatic carboxylic acids is 1. The van der Waals surface area contributed by atoms with Gasteiger partial charge in [0.05, 0.1) is 11.7 Å². The van der Waals surface area contributed by atoms with Gasteiger partial charge in [0.25, 0.3) is 5.91 Å². The van der Waals surface area contributed by atoms with Gasteiger partial charge in [-0.1, -0.05) is 79.5 Å². The van der Waals surface area contributed by atoms with Crippen molar-refractivity contribution in [1.29, 1.82) is 0 Å². The molecule has 10 nitrogen and oxygen atoms in total. The zero-order chi connectivity index (χ0) is 33.7. The van der Waals surface area contributed by atoms with Crippen molar-refractivity contribution in [3.05, 3.63) is 106 Å². The summed E-state index contributed by atoms with van der Waals surface area (Å²) in [5.74, 6) is -3.30. The number of hydrogen-bond acceptors (Lipinski definition) is 6. The zero-order valence-electron chi connectivity index (χ0n) is 25.8. The first-order valence-electron chi connectivity index (χ1n) is 14.6. The van der Waals surface area contributed by atoms with Gasteiger partial charge in [0.2, 0.25) is 11.8 Å². The van der Waals surface area contributed by atoms with E-state index in [2.05, 4.69) is 0 Å². The summed E-state index contributed by atoms with van der Waals surface area (Å²) in [6.07, 6.45) is -0.674. The molecule has 0 aliphatic carbocycles. The molecule has 3 aromatic rings. The van der Waals surface area contributed by atoms with Crippen molar-refractivity contribution in [1.82, 2.24) is 14.9 Å². The Hall–Kier alpha value is -4.38. The minimum absolute atomic E-state index is 0.0843. The number of nitrogens with zero attached hydrogens (tertiary/aromatic N) is 3. The van der Waals surface area contributed by atoms with Crippen LogP contribution in [-0.4, -0.2) is 67.0 Å². The number of benzene rings is 3. The minimum atomic E-state index is -2.05. The molecule has 3 amide bonds. The quantitative estimate of drug-likeness (QED) is 0.280. The molecule has 1 unspecified atom stereocenters. The number of aliphatic hydroxyl groups is 1. The van der Waals surface area contributed by atoms with Crippen molar-refractivity contribution in [3.8, 4) is 5.75 Å². The van der Waals surface area contributed by atoms with Gasteiger partial charge in [0, 0.05) is 35.7 Å². The molecule has 46 heavy (non-hydrogen) atoms. The molecule has 1 aliphatic heterocycles. The topological polar surface area (TPSA) is 128 Å². The van der Waals surface area contributed by atoms with Gasteiger partial charge >= 0.3 is 5.97 Å². The summed E-state index contributed by atoms with van der Waals surface area (Å²) in [6, 6.07) is 18.0. The lowest BCUT2D eigenvalue weighted by Crippen LogP contribution is -2.64. The minimum Gasteiger partial charge on any atom is -0.489 e. The van der Waals surface area contributed by atoms with Gasteiger partial charge in [0.15, 0.2) is 6.10 Å². The number of carboxylic acids is 1. The molecular formula is C34H35Cl2N3O7. The van der Waals surface area contributed by atoms with Gasteiger partial charge in [0.1, 0.15) is 18.4 Å². The fourth-order valence-corrected chi connectivity index (χ4v) is 5.99. The van der Waals surface area contributed by atoms with E-state index in [0.29, 0.717) is 32.5 Å². The molecule has 0 saturated heterocycles. The molecule has 0 saturated carbocycles. The van der Waals surface area contributed by atoms with E-state index >= 15 is 0 Å². The molecule has 2 N–H and O–H groups in total. The van der Waals surface area contributed by atoms with Crippen molar-refractivity contribution >= 4 is 52.6 Å². The molecule has 3 aromatic carbocycles. The second kappa shape index (κ2) is 14.8. The second-order valence-electron chi connectivity index (χ2n) is 11.3. The third-order valence-electron chi connectivity index (χ3n) is 7.46. The van der Waals surface area contributed by atoms with Crippen molar-refractivity contribution in [3.63, 3.8) is 0 Å². The standard InChI is InChI=1S/C34H35Cl2N3O7/c1-20(2)31-33(43)39(38(22(4)41)29(32(42)34(44)45)15-23-9-6-5-7-10-23)30(18-37(31)21(3)40)25-11-8-12-28(16-25)46-19-24-13-26(35)17-27(36)14-24/h5-14,16-18,20,29,31-32,42H,15,19H2,1-4H3,(H,44,45)/t29-,31+,32?/m0/s1. The van der Waals surface area contributed by atoms with Crippen LogP contribution in [0.25, 0.3) is 5.70 Å². The van der Waals surface area contributed by atoms with Crippen LogP contribution in [0.1, 0.15) is 44.4 Å². The summed E-state index contributed by atoms with van der Waals surface area (Å²) < 4.78 is 6.01. The van der Waals surface area contributed by atoms with E-state index in [1.807, 2.05) is 0 Å². The molecule has 242 valence electrons. The number of hydrogen-bond donors (Lipinski definition) is 2. The third kappa shape index (κ3) is 7.88. The lowest BCUT2D eigenvalue weighted by atomic mass is 9.96. The molecule has 0 bridgehead atoms. The Bertz CT molecular complexity index is 1630. The Balaban J connectivity index is 1.85. The fraction of sp³-hybridized carbons (Fsp3) is 0.294. The van der Waals surface area contributed by atoms with Crippen LogP contribution in [0, 0.1) is 5.92 Å². The molecule has 0 radical (unpaired) electrons. The first-order valence-corrected chi connectivity index (χ1v) is 15.3. The van der Waals surface area contributed by atoms with Gasteiger partial charge < -0.3 is 19.8 Å². The average molecular weight is 669 g/mol. The van der Waals surface area contributed by atoms with Crippen LogP contribution in [0.4, 0.5) is 0 Å². The Morgan fingerprint density at radius 2 is 1.59 bits per heavy atom. The van der Waals surface area contributed by atoms with E-state index < -0.39 is 41.9 Å². The summed E-state index contributed by atoms with van der Waals surface area (Å²) in [7, 11) is 0. The molecular weight excluding hydrogens is 633 g/mol. The number of aliphatic hydroxyl groups excluding tert-OH is 1. The van der Waals surface area contributed by atoms with Gasteiger partial charge in [-0.05, 0) is 53.8 Å². The van der Waals surface area contributed by atoms with Crippen molar-refractivity contribution < 1.29 is 34.1 Å². The van der Waals surface area contributed by atoms with E-state index in [0.717, 1.165) is 10.0 Å². The fourth-order valence-electron chi connectivity index (χ4n) is 5.42. The predicted octanol–water partition coefficient (Wildman–Crippen LogP) is 5.41. The van der Waals surface area contributed by atoms with E-state index in [4.69, 9.17) is 27.9 Å². The smallest absolute Gasteiger partial charge is 0.334 e. The number of rotatable bonds is 11. The summed E-state index contributed by atoms with van der Waals surface area (Å²) in [5, 5.41) is 23.8. The van der Waals surface area contributed by atoms with Crippen LogP contribution in [0.2, 0.25) is 10.0 Å². The van der Waals surface area contributed by atoms with Crippen LogP contribution < -0.4 is 4.74 Å². The Morgan fingerprint density at radius 1 is 0.935 bits per heavy atom. The molecule has 1 heterocycles. The SMILES string of the molecule is CC(=O)N1C=C(c2cccc(OCc3cc(Cl)cc(Cl)c3)c2)N(N(C(C)=O)[C@@H](Cc2ccccc2)C(O)C(=O)O)C(=O)[C@H]1C(C)C. The summed E-state index contributed by atoms with van der Waals surface area (Å²) >= 11 is 12.3. The van der Waals surface area contributed by atoms with Crippen molar-refractivity contribution in [2.24, 2.45) is 5.92 Å². The number of amides is 3. The normalized spacial score (nSPS) is 16.1. The third-order valence-corrected chi connectivity index (χ3v) is 7.90. The van der Waals surface area contributed by atoms with E-state index in [1.165, 1.54) is 24.9 Å². The molecule has 12 heteroatoms. The number of carbonyl (C=O) groups is 4. The highest BCUT2D eigenvalue weighted by molar-refractivity contribution is 6.34. The number of halogens is 2. The number of ether oxygens (including phenoxy) is 1. The maximum atomic E-state index is 14.4. The number of hydrazine groups is 1. The first-order chi connectivity index (χ1) is 21.8. The second-order valence-corrected chi connectivity index (χ2v) is 12.2. The maximum Gasteiger partial charge on any atom is 0.334 e. The highest BCUT2D eigenvalue weighted by Crippen LogP contribution is 2.35. The molecule has 0 aromatic heterocycles. The van der Waals surface area contributed by atoms with E-state index in [1.54, 1.807) is 86.6 Å². The van der Waals surface area contributed by atoms with Crippen LogP contribution in [0.15, 0.2) is 79.0 Å². The van der Waals surface area contributed by atoms with Crippen LogP contribution in [-0.2, 0) is 32.2 Å². The van der Waals surface area contributed by atoms with Gasteiger partial charge in [-0.25, -0.2) is 14.8 Å². The summed E-state index contributed by atoms with van der Waals surface area (Å²) in [6.45, 7) is 6.16. The van der Waals surface area contributed by atoms with Crippen molar-refractivity contribution in [2.75, 3.05) is 0 Å².